The van der Waals surface area contributed by atoms with Crippen molar-refractivity contribution in [3.63, 3.8) is 0 Å². The standard InChI is InChI=1S/C17H25ClFN3O2/c1-20-16(22-11-17(5-8-23)6-9-24-12-17)21-7-4-13-2-3-14(19)10-15(13)18/h2-3,10,23H,4-9,11-12H2,1H3,(H2,20,21,22). The van der Waals surface area contributed by atoms with Crippen LogP contribution in [-0.2, 0) is 11.2 Å². The average molecular weight is 358 g/mol. The molecule has 1 aromatic rings. The lowest BCUT2D eigenvalue weighted by atomic mass is 9.84. The van der Waals surface area contributed by atoms with Crippen molar-refractivity contribution in [3.05, 3.63) is 34.6 Å². The topological polar surface area (TPSA) is 65.9 Å². The molecule has 134 valence electrons. The Hall–Kier alpha value is -1.37. The fourth-order valence-electron chi connectivity index (χ4n) is 2.84. The van der Waals surface area contributed by atoms with E-state index in [1.807, 2.05) is 0 Å². The summed E-state index contributed by atoms with van der Waals surface area (Å²) in [7, 11) is 1.71. The molecule has 1 atom stereocenters. The first-order valence-electron chi connectivity index (χ1n) is 8.16. The minimum Gasteiger partial charge on any atom is -0.396 e. The minimum absolute atomic E-state index is 0.0351. The van der Waals surface area contributed by atoms with Crippen LogP contribution in [0.25, 0.3) is 0 Å². The van der Waals surface area contributed by atoms with Crippen LogP contribution in [0.5, 0.6) is 0 Å². The van der Waals surface area contributed by atoms with E-state index in [4.69, 9.17) is 16.3 Å². The molecule has 1 aromatic carbocycles. The fourth-order valence-corrected chi connectivity index (χ4v) is 3.11. The number of guanidine groups is 1. The minimum atomic E-state index is -0.331. The number of hydrogen-bond donors (Lipinski definition) is 3. The zero-order valence-electron chi connectivity index (χ0n) is 13.9. The van der Waals surface area contributed by atoms with Crippen LogP contribution in [0.2, 0.25) is 5.02 Å². The van der Waals surface area contributed by atoms with E-state index in [-0.39, 0.29) is 17.8 Å². The lowest BCUT2D eigenvalue weighted by Crippen LogP contribution is -2.45. The van der Waals surface area contributed by atoms with Crippen molar-refractivity contribution in [2.75, 3.05) is 40.0 Å². The Kier molecular flexibility index (Phi) is 7.27. The van der Waals surface area contributed by atoms with Crippen LogP contribution in [0.3, 0.4) is 0 Å². The lowest BCUT2D eigenvalue weighted by Gasteiger charge is -2.27. The van der Waals surface area contributed by atoms with Gasteiger partial charge in [-0.1, -0.05) is 17.7 Å². The zero-order chi connectivity index (χ0) is 17.4. The Morgan fingerprint density at radius 3 is 2.92 bits per heavy atom. The van der Waals surface area contributed by atoms with Crippen molar-refractivity contribution in [1.82, 2.24) is 10.6 Å². The van der Waals surface area contributed by atoms with Crippen LogP contribution in [0.1, 0.15) is 18.4 Å². The van der Waals surface area contributed by atoms with Gasteiger partial charge in [-0.25, -0.2) is 4.39 Å². The van der Waals surface area contributed by atoms with Gasteiger partial charge in [0.2, 0.25) is 0 Å². The van der Waals surface area contributed by atoms with E-state index in [0.29, 0.717) is 43.5 Å². The molecule has 0 bridgehead atoms. The molecule has 0 spiro atoms. The number of benzene rings is 1. The van der Waals surface area contributed by atoms with E-state index in [0.717, 1.165) is 18.6 Å². The summed E-state index contributed by atoms with van der Waals surface area (Å²) in [6.07, 6.45) is 2.32. The number of rotatable bonds is 7. The van der Waals surface area contributed by atoms with Crippen molar-refractivity contribution >= 4 is 17.6 Å². The highest BCUT2D eigenvalue weighted by molar-refractivity contribution is 6.31. The fraction of sp³-hybridized carbons (Fsp3) is 0.588. The van der Waals surface area contributed by atoms with E-state index in [2.05, 4.69) is 15.6 Å². The Morgan fingerprint density at radius 2 is 2.29 bits per heavy atom. The second-order valence-electron chi connectivity index (χ2n) is 6.11. The van der Waals surface area contributed by atoms with Gasteiger partial charge in [0.1, 0.15) is 5.82 Å². The van der Waals surface area contributed by atoms with Crippen molar-refractivity contribution in [2.45, 2.75) is 19.3 Å². The third-order valence-electron chi connectivity index (χ3n) is 4.38. The van der Waals surface area contributed by atoms with Crippen LogP contribution < -0.4 is 10.6 Å². The van der Waals surface area contributed by atoms with Gasteiger partial charge in [0.05, 0.1) is 6.61 Å². The van der Waals surface area contributed by atoms with Gasteiger partial charge < -0.3 is 20.5 Å². The van der Waals surface area contributed by atoms with Crippen molar-refractivity contribution < 1.29 is 14.2 Å². The maximum absolute atomic E-state index is 13.0. The summed E-state index contributed by atoms with van der Waals surface area (Å²) in [6, 6.07) is 4.43. The summed E-state index contributed by atoms with van der Waals surface area (Å²) < 4.78 is 18.5. The Bertz CT molecular complexity index is 563. The molecule has 1 heterocycles. The quantitative estimate of drug-likeness (QED) is 0.515. The molecule has 1 aliphatic rings. The molecular weight excluding hydrogens is 333 g/mol. The van der Waals surface area contributed by atoms with E-state index in [9.17, 15) is 9.50 Å². The van der Waals surface area contributed by atoms with Gasteiger partial charge in [0.25, 0.3) is 0 Å². The van der Waals surface area contributed by atoms with Crippen molar-refractivity contribution in [3.8, 4) is 0 Å². The molecule has 2 rings (SSSR count). The Morgan fingerprint density at radius 1 is 1.46 bits per heavy atom. The first kappa shape index (κ1) is 19.0. The second-order valence-corrected chi connectivity index (χ2v) is 6.52. The molecule has 7 heteroatoms. The van der Waals surface area contributed by atoms with Gasteiger partial charge in [-0.3, -0.25) is 4.99 Å². The monoisotopic (exact) mass is 357 g/mol. The van der Waals surface area contributed by atoms with Gasteiger partial charge in [-0.15, -0.1) is 0 Å². The van der Waals surface area contributed by atoms with Crippen molar-refractivity contribution in [1.29, 1.82) is 0 Å². The first-order chi connectivity index (χ1) is 11.6. The highest BCUT2D eigenvalue weighted by Gasteiger charge is 2.34. The molecule has 0 aromatic heterocycles. The molecule has 1 unspecified atom stereocenters. The summed E-state index contributed by atoms with van der Waals surface area (Å²) in [6.45, 7) is 2.87. The normalized spacial score (nSPS) is 21.1. The van der Waals surface area contributed by atoms with Crippen LogP contribution in [-0.4, -0.2) is 51.0 Å². The predicted molar refractivity (Wildman–Crippen MR) is 94.1 cm³/mol. The molecule has 0 amide bonds. The van der Waals surface area contributed by atoms with Crippen LogP contribution in [0.4, 0.5) is 4.39 Å². The number of nitrogens with one attached hydrogen (secondary N) is 2. The molecule has 0 saturated carbocycles. The van der Waals surface area contributed by atoms with Gasteiger partial charge >= 0.3 is 0 Å². The van der Waals surface area contributed by atoms with E-state index in [1.165, 1.54) is 12.1 Å². The van der Waals surface area contributed by atoms with Crippen LogP contribution in [0.15, 0.2) is 23.2 Å². The summed E-state index contributed by atoms with van der Waals surface area (Å²) in [5, 5.41) is 16.2. The number of nitrogens with zero attached hydrogens (tertiary/aromatic N) is 1. The van der Waals surface area contributed by atoms with Crippen LogP contribution in [0, 0.1) is 11.2 Å². The first-order valence-corrected chi connectivity index (χ1v) is 8.53. The molecule has 5 nitrogen and oxygen atoms in total. The molecule has 0 radical (unpaired) electrons. The summed E-state index contributed by atoms with van der Waals surface area (Å²) in [5.41, 5.74) is 0.856. The number of halogens is 2. The van der Waals surface area contributed by atoms with Gasteiger partial charge in [0, 0.05) is 43.8 Å². The number of hydrogen-bond acceptors (Lipinski definition) is 3. The molecule has 1 saturated heterocycles. The molecule has 1 aliphatic heterocycles. The van der Waals surface area contributed by atoms with E-state index in [1.54, 1.807) is 13.1 Å². The highest BCUT2D eigenvalue weighted by atomic mass is 35.5. The molecule has 24 heavy (non-hydrogen) atoms. The number of aliphatic hydroxyl groups is 1. The summed E-state index contributed by atoms with van der Waals surface area (Å²) in [5.74, 6) is 0.361. The number of aliphatic imine (C=N–C) groups is 1. The van der Waals surface area contributed by atoms with Gasteiger partial charge in [-0.2, -0.15) is 0 Å². The predicted octanol–water partition coefficient (Wildman–Crippen LogP) is 1.98. The smallest absolute Gasteiger partial charge is 0.191 e. The summed E-state index contributed by atoms with van der Waals surface area (Å²) in [4.78, 5) is 4.21. The van der Waals surface area contributed by atoms with Gasteiger partial charge in [0.15, 0.2) is 5.96 Å². The largest absolute Gasteiger partial charge is 0.396 e. The molecular formula is C17H25ClFN3O2. The third-order valence-corrected chi connectivity index (χ3v) is 4.74. The maximum Gasteiger partial charge on any atom is 0.191 e. The van der Waals surface area contributed by atoms with Crippen LogP contribution >= 0.6 is 11.6 Å². The lowest BCUT2D eigenvalue weighted by molar-refractivity contribution is 0.127. The SMILES string of the molecule is CN=C(NCCc1ccc(F)cc1Cl)NCC1(CCO)CCOC1. The number of ether oxygens (including phenoxy) is 1. The van der Waals surface area contributed by atoms with Gasteiger partial charge in [-0.05, 0) is 37.0 Å². The Balaban J connectivity index is 1.80. The highest BCUT2D eigenvalue weighted by Crippen LogP contribution is 2.31. The Labute approximate surface area is 147 Å². The summed E-state index contributed by atoms with van der Waals surface area (Å²) >= 11 is 6.03. The molecule has 3 N–H and O–H groups in total. The number of aliphatic hydroxyl groups excluding tert-OH is 1. The molecule has 0 aliphatic carbocycles. The maximum atomic E-state index is 13.0. The average Bonchev–Trinajstić information content (AvgIpc) is 3.02. The van der Waals surface area contributed by atoms with E-state index < -0.39 is 0 Å². The molecule has 1 fully saturated rings. The third kappa shape index (κ3) is 5.33. The zero-order valence-corrected chi connectivity index (χ0v) is 14.7. The van der Waals surface area contributed by atoms with Crippen molar-refractivity contribution in [2.24, 2.45) is 10.4 Å². The second kappa shape index (κ2) is 9.20. The van der Waals surface area contributed by atoms with E-state index >= 15 is 0 Å².